The predicted octanol–water partition coefficient (Wildman–Crippen LogP) is -4.30. The zero-order valence-electron chi connectivity index (χ0n) is 20.4. The number of amides is 5. The van der Waals surface area contributed by atoms with Crippen molar-refractivity contribution in [1.82, 2.24) is 16.0 Å². The van der Waals surface area contributed by atoms with Gasteiger partial charge in [-0.1, -0.05) is 13.8 Å². The second-order valence-corrected chi connectivity index (χ2v) is 8.42. The lowest BCUT2D eigenvalue weighted by atomic mass is 10.0. The van der Waals surface area contributed by atoms with Crippen LogP contribution in [-0.2, 0) is 28.8 Å². The van der Waals surface area contributed by atoms with Crippen LogP contribution >= 0.6 is 0 Å². The smallest absolute Gasteiger partial charge is 0.326 e. The summed E-state index contributed by atoms with van der Waals surface area (Å²) in [6, 6.07) is -5.10. The molecule has 0 heterocycles. The third-order valence-corrected chi connectivity index (χ3v) is 4.88. The van der Waals surface area contributed by atoms with Crippen molar-refractivity contribution in [2.45, 2.75) is 70.1 Å². The molecule has 16 nitrogen and oxygen atoms in total. The van der Waals surface area contributed by atoms with Gasteiger partial charge in [0.25, 0.3) is 0 Å². The second kappa shape index (κ2) is 15.9. The Hall–Kier alpha value is -3.95. The number of hydrogen-bond donors (Lipinski definition) is 9. The van der Waals surface area contributed by atoms with E-state index in [2.05, 4.69) is 20.9 Å². The Labute approximate surface area is 208 Å². The highest BCUT2D eigenvalue weighted by atomic mass is 16.4. The minimum Gasteiger partial charge on any atom is -0.480 e. The van der Waals surface area contributed by atoms with Crippen LogP contribution in [0.3, 0.4) is 0 Å². The first-order valence-electron chi connectivity index (χ1n) is 11.2. The number of nitrogens with zero attached hydrogens (tertiary/aromatic N) is 1. The molecule has 0 fully saturated rings. The Balaban J connectivity index is 5.55. The molecule has 36 heavy (non-hydrogen) atoms. The normalized spacial score (nSPS) is 14.0. The molecule has 5 amide bonds. The van der Waals surface area contributed by atoms with E-state index in [4.69, 9.17) is 28.7 Å². The van der Waals surface area contributed by atoms with E-state index >= 15 is 0 Å². The molecular formula is C20H37N9O7. The third-order valence-electron chi connectivity index (χ3n) is 4.88. The first-order chi connectivity index (χ1) is 16.6. The topological polar surface area (TPSA) is 301 Å². The van der Waals surface area contributed by atoms with Crippen LogP contribution < -0.4 is 44.6 Å². The molecule has 0 aromatic carbocycles. The van der Waals surface area contributed by atoms with E-state index in [1.807, 2.05) is 0 Å². The summed E-state index contributed by atoms with van der Waals surface area (Å²) in [5.41, 5.74) is 26.4. The van der Waals surface area contributed by atoms with Crippen LogP contribution in [-0.4, -0.2) is 77.3 Å². The zero-order valence-corrected chi connectivity index (χ0v) is 20.4. The van der Waals surface area contributed by atoms with Crippen LogP contribution in [0, 0.1) is 5.92 Å². The van der Waals surface area contributed by atoms with Crippen LogP contribution in [0.2, 0.25) is 0 Å². The van der Waals surface area contributed by atoms with Crippen LogP contribution in [0.25, 0.3) is 0 Å². The summed E-state index contributed by atoms with van der Waals surface area (Å²) < 4.78 is 0. The Kier molecular flexibility index (Phi) is 14.1. The van der Waals surface area contributed by atoms with Gasteiger partial charge in [-0.2, -0.15) is 0 Å². The van der Waals surface area contributed by atoms with E-state index in [-0.39, 0.29) is 38.2 Å². The number of hydrogen-bond acceptors (Lipinski definition) is 8. The van der Waals surface area contributed by atoms with Crippen molar-refractivity contribution >= 4 is 41.5 Å². The quantitative estimate of drug-likeness (QED) is 0.0509. The number of aliphatic carboxylic acids is 1. The number of nitrogens with two attached hydrogens (primary N) is 5. The number of aliphatic imine (C=N–C) groups is 1. The van der Waals surface area contributed by atoms with Crippen molar-refractivity contribution in [1.29, 1.82) is 0 Å². The molecule has 0 bridgehead atoms. The van der Waals surface area contributed by atoms with E-state index in [0.29, 0.717) is 0 Å². The van der Waals surface area contributed by atoms with Gasteiger partial charge in [0.05, 0.1) is 12.5 Å². The molecule has 0 aliphatic rings. The minimum absolute atomic E-state index is 0.0447. The lowest BCUT2D eigenvalue weighted by Crippen LogP contribution is -2.58. The number of carbonyl (C=O) groups is 6. The summed E-state index contributed by atoms with van der Waals surface area (Å²) in [5.74, 6) is -6.08. The highest BCUT2D eigenvalue weighted by Crippen LogP contribution is 2.07. The zero-order chi connectivity index (χ0) is 28.0. The molecule has 0 spiro atoms. The van der Waals surface area contributed by atoms with Crippen LogP contribution in [0.15, 0.2) is 4.99 Å². The van der Waals surface area contributed by atoms with Gasteiger partial charge in [-0.25, -0.2) is 4.79 Å². The molecule has 0 radical (unpaired) electrons. The van der Waals surface area contributed by atoms with Crippen molar-refractivity contribution in [2.24, 2.45) is 39.6 Å². The van der Waals surface area contributed by atoms with Gasteiger partial charge in [-0.3, -0.25) is 29.0 Å². The van der Waals surface area contributed by atoms with E-state index in [1.54, 1.807) is 13.8 Å². The van der Waals surface area contributed by atoms with Crippen molar-refractivity contribution in [3.05, 3.63) is 0 Å². The van der Waals surface area contributed by atoms with Crippen LogP contribution in [0.5, 0.6) is 0 Å². The van der Waals surface area contributed by atoms with Gasteiger partial charge < -0.3 is 49.7 Å². The lowest BCUT2D eigenvalue weighted by Gasteiger charge is -2.27. The summed E-state index contributed by atoms with van der Waals surface area (Å²) in [6.45, 7) is 3.35. The van der Waals surface area contributed by atoms with E-state index < -0.39 is 72.0 Å². The van der Waals surface area contributed by atoms with Gasteiger partial charge >= 0.3 is 5.97 Å². The molecule has 0 aromatic heterocycles. The first kappa shape index (κ1) is 32.0. The second-order valence-electron chi connectivity index (χ2n) is 8.42. The van der Waals surface area contributed by atoms with Crippen molar-refractivity contribution in [2.75, 3.05) is 6.54 Å². The monoisotopic (exact) mass is 515 g/mol. The fourth-order valence-corrected chi connectivity index (χ4v) is 2.93. The summed E-state index contributed by atoms with van der Waals surface area (Å²) in [4.78, 5) is 75.4. The number of carbonyl (C=O) groups excluding carboxylic acids is 5. The number of primary amides is 2. The van der Waals surface area contributed by atoms with Gasteiger partial charge in [0.15, 0.2) is 5.96 Å². The van der Waals surface area contributed by atoms with E-state index in [1.165, 1.54) is 0 Å². The maximum atomic E-state index is 13.0. The lowest BCUT2D eigenvalue weighted by molar-refractivity contribution is -0.144. The molecule has 0 aromatic rings. The van der Waals surface area contributed by atoms with Crippen LogP contribution in [0.1, 0.15) is 46.0 Å². The molecule has 0 aliphatic carbocycles. The first-order valence-corrected chi connectivity index (χ1v) is 11.2. The molecule has 0 rings (SSSR count). The number of carboxylic acid groups (broad SMARTS) is 1. The molecule has 0 saturated carbocycles. The summed E-state index contributed by atoms with van der Waals surface area (Å²) in [5, 5.41) is 16.4. The highest BCUT2D eigenvalue weighted by molar-refractivity contribution is 5.95. The molecule has 14 N–H and O–H groups in total. The average molecular weight is 516 g/mol. The summed E-state index contributed by atoms with van der Waals surface area (Å²) >= 11 is 0. The Morgan fingerprint density at radius 1 is 0.806 bits per heavy atom. The van der Waals surface area contributed by atoms with E-state index in [0.717, 1.165) is 0 Å². The highest BCUT2D eigenvalue weighted by Gasteiger charge is 2.32. The Morgan fingerprint density at radius 3 is 1.86 bits per heavy atom. The molecule has 4 atom stereocenters. The minimum atomic E-state index is -1.59. The number of guanidine groups is 1. The number of carboxylic acids is 1. The van der Waals surface area contributed by atoms with Gasteiger partial charge in [-0.15, -0.1) is 0 Å². The van der Waals surface area contributed by atoms with Gasteiger partial charge in [0, 0.05) is 13.0 Å². The number of rotatable bonds is 17. The van der Waals surface area contributed by atoms with Gasteiger partial charge in [0.1, 0.15) is 18.1 Å². The standard InChI is InChI=1S/C20H37N9O7/c1-9(2)15(18(34)28-12(19(35)36)8-14(23)31)29-17(33)11(4-3-7-26-20(24)25)27-16(32)10(21)5-6-13(22)30/h9-12,15H,3-8,21H2,1-2H3,(H2,22,30)(H2,23,31)(H,27,32)(H,28,34)(H,29,33)(H,35,36)(H4,24,25,26). The van der Waals surface area contributed by atoms with E-state index in [9.17, 15) is 33.9 Å². The average Bonchev–Trinajstić information content (AvgIpc) is 2.75. The molecule has 204 valence electrons. The van der Waals surface area contributed by atoms with Crippen molar-refractivity contribution in [3.8, 4) is 0 Å². The third kappa shape index (κ3) is 13.1. The molecule has 4 unspecified atom stereocenters. The molecule has 0 aliphatic heterocycles. The van der Waals surface area contributed by atoms with Gasteiger partial charge in [0.2, 0.25) is 29.5 Å². The summed E-state index contributed by atoms with van der Waals surface area (Å²) in [7, 11) is 0. The predicted molar refractivity (Wildman–Crippen MR) is 128 cm³/mol. The summed E-state index contributed by atoms with van der Waals surface area (Å²) in [6.07, 6.45) is -0.501. The fourth-order valence-electron chi connectivity index (χ4n) is 2.93. The number of nitrogens with one attached hydrogen (secondary N) is 3. The van der Waals surface area contributed by atoms with Crippen molar-refractivity contribution in [3.63, 3.8) is 0 Å². The molecular weight excluding hydrogens is 478 g/mol. The Bertz CT molecular complexity index is 843. The maximum Gasteiger partial charge on any atom is 0.326 e. The molecule has 16 heteroatoms. The Morgan fingerprint density at radius 2 is 1.39 bits per heavy atom. The fraction of sp³-hybridized carbons (Fsp3) is 0.650. The van der Waals surface area contributed by atoms with Gasteiger partial charge in [-0.05, 0) is 25.2 Å². The van der Waals surface area contributed by atoms with Crippen LogP contribution in [0.4, 0.5) is 0 Å². The molecule has 0 saturated heterocycles. The largest absolute Gasteiger partial charge is 0.480 e. The van der Waals surface area contributed by atoms with Crippen molar-refractivity contribution < 1.29 is 33.9 Å². The maximum absolute atomic E-state index is 13.0. The SMILES string of the molecule is CC(C)C(NC(=O)C(CCCN=C(N)N)NC(=O)C(N)CCC(N)=O)C(=O)NC(CC(N)=O)C(=O)O.